The smallest absolute Gasteiger partial charge is 0.334 e. The summed E-state index contributed by atoms with van der Waals surface area (Å²) in [5.74, 6) is -1.25. The van der Waals surface area contributed by atoms with Crippen LogP contribution in [0.15, 0.2) is 23.9 Å². The van der Waals surface area contributed by atoms with Crippen LogP contribution < -0.4 is 0 Å². The van der Waals surface area contributed by atoms with Crippen molar-refractivity contribution in [2.75, 3.05) is 7.11 Å². The van der Waals surface area contributed by atoms with Crippen LogP contribution in [0.1, 0.15) is 36.4 Å². The number of nitrogens with zero attached hydrogens (tertiary/aromatic N) is 1. The molecule has 1 aliphatic rings. The van der Waals surface area contributed by atoms with E-state index in [1.54, 1.807) is 18.3 Å². The van der Waals surface area contributed by atoms with Gasteiger partial charge < -0.3 is 9.84 Å². The number of hydrogen-bond donors (Lipinski definition) is 1. The molecule has 0 amide bonds. The quantitative estimate of drug-likeness (QED) is 0.648. The lowest BCUT2D eigenvalue weighted by Crippen LogP contribution is -2.09. The molecule has 1 fully saturated rings. The molecule has 0 saturated heterocycles. The molecule has 1 aromatic rings. The van der Waals surface area contributed by atoms with Gasteiger partial charge in [0, 0.05) is 17.7 Å². The van der Waals surface area contributed by atoms with Crippen molar-refractivity contribution < 1.29 is 19.4 Å². The first-order valence-corrected chi connectivity index (χ1v) is 6.07. The first-order chi connectivity index (χ1) is 9.11. The van der Waals surface area contributed by atoms with Gasteiger partial charge in [0.1, 0.15) is 0 Å². The molecule has 1 N–H and O–H groups in total. The molecule has 1 aliphatic carbocycles. The van der Waals surface area contributed by atoms with E-state index < -0.39 is 11.9 Å². The van der Waals surface area contributed by atoms with E-state index in [9.17, 15) is 9.59 Å². The van der Waals surface area contributed by atoms with Crippen molar-refractivity contribution in [1.29, 1.82) is 0 Å². The van der Waals surface area contributed by atoms with E-state index >= 15 is 0 Å². The first-order valence-electron chi connectivity index (χ1n) is 6.07. The Balaban J connectivity index is 2.34. The van der Waals surface area contributed by atoms with E-state index in [4.69, 9.17) is 5.11 Å². The Hall–Kier alpha value is -2.17. The monoisotopic (exact) mass is 261 g/mol. The lowest BCUT2D eigenvalue weighted by molar-refractivity contribution is -0.141. The van der Waals surface area contributed by atoms with E-state index in [-0.39, 0.29) is 12.0 Å². The normalized spacial score (nSPS) is 15.1. The van der Waals surface area contributed by atoms with Gasteiger partial charge in [-0.3, -0.25) is 9.78 Å². The number of aliphatic carboxylic acids is 1. The molecule has 0 aliphatic heterocycles. The van der Waals surface area contributed by atoms with Gasteiger partial charge in [0.25, 0.3) is 0 Å². The highest BCUT2D eigenvalue weighted by Crippen LogP contribution is 2.40. The topological polar surface area (TPSA) is 76.5 Å². The van der Waals surface area contributed by atoms with Crippen LogP contribution in [-0.4, -0.2) is 29.1 Å². The minimum absolute atomic E-state index is 0.130. The van der Waals surface area contributed by atoms with Gasteiger partial charge in [-0.15, -0.1) is 0 Å². The maximum Gasteiger partial charge on any atom is 0.334 e. The number of esters is 1. The van der Waals surface area contributed by atoms with Crippen molar-refractivity contribution in [3.8, 4) is 0 Å². The number of methoxy groups -OCH3 is 1. The largest absolute Gasteiger partial charge is 0.481 e. The fourth-order valence-corrected chi connectivity index (χ4v) is 1.91. The summed E-state index contributed by atoms with van der Waals surface area (Å²) in [6, 6.07) is 3.61. The Kier molecular flexibility index (Phi) is 3.94. The standard InChI is InChI=1S/C14H15NO4/c1-19-14(18)11(8-12(16)17)7-10-3-2-6-15-13(10)9-4-5-9/h2-3,6-7,9H,4-5,8H2,1H3,(H,16,17)/b11-7-. The number of rotatable bonds is 5. The predicted molar refractivity (Wildman–Crippen MR) is 68.5 cm³/mol. The molecule has 19 heavy (non-hydrogen) atoms. The molecule has 5 heteroatoms. The van der Waals surface area contributed by atoms with Crippen molar-refractivity contribution in [2.24, 2.45) is 0 Å². The van der Waals surface area contributed by atoms with Gasteiger partial charge in [0.05, 0.1) is 19.2 Å². The van der Waals surface area contributed by atoms with E-state index in [0.717, 1.165) is 24.1 Å². The third kappa shape index (κ3) is 3.40. The molecule has 1 heterocycles. The molecule has 2 rings (SSSR count). The molecule has 1 saturated carbocycles. The van der Waals surface area contributed by atoms with Gasteiger partial charge in [-0.1, -0.05) is 6.07 Å². The minimum atomic E-state index is -1.06. The molecule has 1 aromatic heterocycles. The third-order valence-corrected chi connectivity index (χ3v) is 2.95. The SMILES string of the molecule is COC(=O)/C(=C\c1cccnc1C1CC1)CC(=O)O. The first kappa shape index (κ1) is 13.3. The lowest BCUT2D eigenvalue weighted by atomic mass is 10.0. The highest BCUT2D eigenvalue weighted by atomic mass is 16.5. The molecule has 0 aromatic carbocycles. The van der Waals surface area contributed by atoms with Crippen LogP contribution >= 0.6 is 0 Å². The number of carbonyl (C=O) groups is 2. The minimum Gasteiger partial charge on any atom is -0.481 e. The number of carboxylic acid groups (broad SMARTS) is 1. The van der Waals surface area contributed by atoms with Crippen LogP contribution in [0.2, 0.25) is 0 Å². The van der Waals surface area contributed by atoms with E-state index in [2.05, 4.69) is 9.72 Å². The number of ether oxygens (including phenoxy) is 1. The van der Waals surface area contributed by atoms with Crippen LogP contribution in [0.3, 0.4) is 0 Å². The third-order valence-electron chi connectivity index (χ3n) is 2.95. The summed E-state index contributed by atoms with van der Waals surface area (Å²) in [6.45, 7) is 0. The van der Waals surface area contributed by atoms with Gasteiger partial charge >= 0.3 is 11.9 Å². The highest BCUT2D eigenvalue weighted by Gasteiger charge is 2.27. The van der Waals surface area contributed by atoms with E-state index in [1.807, 2.05) is 6.07 Å². The van der Waals surface area contributed by atoms with Crippen molar-refractivity contribution in [3.63, 3.8) is 0 Å². The zero-order valence-electron chi connectivity index (χ0n) is 10.6. The van der Waals surface area contributed by atoms with Crippen LogP contribution in [-0.2, 0) is 14.3 Å². The number of pyridine rings is 1. The van der Waals surface area contributed by atoms with Crippen molar-refractivity contribution in [2.45, 2.75) is 25.2 Å². The second kappa shape index (κ2) is 5.65. The van der Waals surface area contributed by atoms with Gasteiger partial charge in [-0.05, 0) is 30.5 Å². The summed E-state index contributed by atoms with van der Waals surface area (Å²) < 4.78 is 4.61. The number of aromatic nitrogens is 1. The summed E-state index contributed by atoms with van der Waals surface area (Å²) in [5, 5.41) is 8.83. The maximum absolute atomic E-state index is 11.6. The van der Waals surface area contributed by atoms with Gasteiger partial charge in [-0.25, -0.2) is 4.79 Å². The maximum atomic E-state index is 11.6. The molecule has 5 nitrogen and oxygen atoms in total. The second-order valence-corrected chi connectivity index (χ2v) is 4.48. The Morgan fingerprint density at radius 3 is 2.84 bits per heavy atom. The fourth-order valence-electron chi connectivity index (χ4n) is 1.91. The molecule has 0 atom stereocenters. The summed E-state index contributed by atoms with van der Waals surface area (Å²) in [7, 11) is 1.24. The highest BCUT2D eigenvalue weighted by molar-refractivity contribution is 5.98. The van der Waals surface area contributed by atoms with E-state index in [0.29, 0.717) is 5.92 Å². The Labute approximate surface area is 110 Å². The average Bonchev–Trinajstić information content (AvgIpc) is 3.21. The predicted octanol–water partition coefficient (Wildman–Crippen LogP) is 1.99. The molecule has 0 bridgehead atoms. The molecule has 0 radical (unpaired) electrons. The molecule has 0 spiro atoms. The zero-order chi connectivity index (χ0) is 13.8. The number of hydrogen-bond acceptors (Lipinski definition) is 4. The summed E-state index contributed by atoms with van der Waals surface area (Å²) in [5.41, 5.74) is 1.85. The summed E-state index contributed by atoms with van der Waals surface area (Å²) in [6.07, 6.45) is 5.10. The molecule has 100 valence electrons. The van der Waals surface area contributed by atoms with Crippen molar-refractivity contribution in [3.05, 3.63) is 35.2 Å². The average molecular weight is 261 g/mol. The zero-order valence-corrected chi connectivity index (χ0v) is 10.6. The van der Waals surface area contributed by atoms with Gasteiger partial charge in [-0.2, -0.15) is 0 Å². The summed E-state index contributed by atoms with van der Waals surface area (Å²) in [4.78, 5) is 26.7. The van der Waals surface area contributed by atoms with Crippen LogP contribution in [0.25, 0.3) is 6.08 Å². The number of carbonyl (C=O) groups excluding carboxylic acids is 1. The Bertz CT molecular complexity index is 532. The molecular weight excluding hydrogens is 246 g/mol. The van der Waals surface area contributed by atoms with Crippen LogP contribution in [0.5, 0.6) is 0 Å². The van der Waals surface area contributed by atoms with Crippen molar-refractivity contribution in [1.82, 2.24) is 4.98 Å². The van der Waals surface area contributed by atoms with Crippen molar-refractivity contribution >= 4 is 18.0 Å². The van der Waals surface area contributed by atoms with Crippen LogP contribution in [0, 0.1) is 0 Å². The summed E-state index contributed by atoms with van der Waals surface area (Å²) >= 11 is 0. The van der Waals surface area contributed by atoms with E-state index in [1.165, 1.54) is 7.11 Å². The fraction of sp³-hybridized carbons (Fsp3) is 0.357. The second-order valence-electron chi connectivity index (χ2n) is 4.48. The van der Waals surface area contributed by atoms with Gasteiger partial charge in [0.15, 0.2) is 0 Å². The lowest BCUT2D eigenvalue weighted by Gasteiger charge is -2.06. The van der Waals surface area contributed by atoms with Gasteiger partial charge in [0.2, 0.25) is 0 Å². The number of carboxylic acids is 1. The Morgan fingerprint density at radius 2 is 2.26 bits per heavy atom. The Morgan fingerprint density at radius 1 is 1.53 bits per heavy atom. The molecular formula is C14H15NO4. The van der Waals surface area contributed by atoms with Crippen LogP contribution in [0.4, 0.5) is 0 Å². The molecule has 0 unspecified atom stereocenters.